The predicted octanol–water partition coefficient (Wildman–Crippen LogP) is 0.980. The average molecular weight is 260 g/mol. The van der Waals surface area contributed by atoms with Crippen molar-refractivity contribution >= 4 is 24.0 Å². The average Bonchev–Trinajstić information content (AvgIpc) is 2.25. The zero-order chi connectivity index (χ0) is 12.1. The molecule has 0 spiro atoms. The quantitative estimate of drug-likeness (QED) is 0.622. The van der Waals surface area contributed by atoms with E-state index in [0.29, 0.717) is 5.56 Å². The number of benzene rings is 1. The first-order valence-electron chi connectivity index (χ1n) is 4.78. The van der Waals surface area contributed by atoms with Gasteiger partial charge in [-0.2, -0.15) is 0 Å². The normalized spacial score (nSPS) is 11.2. The van der Waals surface area contributed by atoms with Gasteiger partial charge < -0.3 is 11.1 Å². The van der Waals surface area contributed by atoms with Crippen LogP contribution < -0.4 is 11.1 Å². The zero-order valence-corrected chi connectivity index (χ0v) is 10.1. The van der Waals surface area contributed by atoms with Crippen LogP contribution in [-0.2, 0) is 11.3 Å². The van der Waals surface area contributed by atoms with Gasteiger partial charge in [-0.1, -0.05) is 18.2 Å². The standard InChI is InChI=1S/C10H13N3O3.ClH/c1-7(11)10(14)12-6-8-4-2-3-5-9(8)13(15)16;/h2-5,7H,6,11H2,1H3,(H,12,14);1H/t7-;/m0./s1. The summed E-state index contributed by atoms with van der Waals surface area (Å²) in [5, 5.41) is 13.2. The van der Waals surface area contributed by atoms with Crippen molar-refractivity contribution in [2.24, 2.45) is 5.73 Å². The lowest BCUT2D eigenvalue weighted by molar-refractivity contribution is -0.385. The smallest absolute Gasteiger partial charge is 0.274 e. The van der Waals surface area contributed by atoms with Gasteiger partial charge in [0.15, 0.2) is 0 Å². The number of nitro benzene ring substituents is 1. The van der Waals surface area contributed by atoms with Gasteiger partial charge in [-0.3, -0.25) is 14.9 Å². The summed E-state index contributed by atoms with van der Waals surface area (Å²) in [6, 6.07) is 5.63. The largest absolute Gasteiger partial charge is 0.350 e. The van der Waals surface area contributed by atoms with E-state index in [4.69, 9.17) is 5.73 Å². The molecule has 0 bridgehead atoms. The highest BCUT2D eigenvalue weighted by atomic mass is 35.5. The van der Waals surface area contributed by atoms with Gasteiger partial charge in [-0.25, -0.2) is 0 Å². The van der Waals surface area contributed by atoms with Crippen LogP contribution >= 0.6 is 12.4 Å². The van der Waals surface area contributed by atoms with Gasteiger partial charge >= 0.3 is 0 Å². The number of nitro groups is 1. The van der Waals surface area contributed by atoms with Crippen molar-refractivity contribution in [2.75, 3.05) is 0 Å². The first kappa shape index (κ1) is 15.3. The molecule has 0 saturated carbocycles. The lowest BCUT2D eigenvalue weighted by Gasteiger charge is -2.07. The third kappa shape index (κ3) is 4.38. The van der Waals surface area contributed by atoms with E-state index >= 15 is 0 Å². The molecule has 1 amide bonds. The maximum Gasteiger partial charge on any atom is 0.274 e. The van der Waals surface area contributed by atoms with Crippen LogP contribution in [0.15, 0.2) is 24.3 Å². The van der Waals surface area contributed by atoms with Crippen molar-refractivity contribution in [3.63, 3.8) is 0 Å². The Labute approximate surface area is 105 Å². The molecule has 1 rings (SSSR count). The van der Waals surface area contributed by atoms with Gasteiger partial charge in [0.05, 0.1) is 11.0 Å². The van der Waals surface area contributed by atoms with E-state index in [1.807, 2.05) is 0 Å². The summed E-state index contributed by atoms with van der Waals surface area (Å²) >= 11 is 0. The van der Waals surface area contributed by atoms with Crippen molar-refractivity contribution in [3.8, 4) is 0 Å². The number of amides is 1. The Morgan fingerprint density at radius 1 is 1.53 bits per heavy atom. The van der Waals surface area contributed by atoms with Crippen LogP contribution in [0.3, 0.4) is 0 Å². The van der Waals surface area contributed by atoms with Crippen molar-refractivity contribution in [2.45, 2.75) is 19.5 Å². The number of nitrogens with one attached hydrogen (secondary N) is 1. The topological polar surface area (TPSA) is 98.3 Å². The van der Waals surface area contributed by atoms with E-state index in [0.717, 1.165) is 0 Å². The van der Waals surface area contributed by atoms with Crippen LogP contribution in [0.5, 0.6) is 0 Å². The van der Waals surface area contributed by atoms with Gasteiger partial charge in [-0.05, 0) is 6.92 Å². The highest BCUT2D eigenvalue weighted by molar-refractivity contribution is 5.85. The molecule has 6 nitrogen and oxygen atoms in total. The van der Waals surface area contributed by atoms with E-state index in [9.17, 15) is 14.9 Å². The molecule has 1 aromatic carbocycles. The number of halogens is 1. The second-order valence-electron chi connectivity index (χ2n) is 3.39. The monoisotopic (exact) mass is 259 g/mol. The summed E-state index contributed by atoms with van der Waals surface area (Å²) in [7, 11) is 0. The van der Waals surface area contributed by atoms with Gasteiger partial charge in [-0.15, -0.1) is 12.4 Å². The minimum absolute atomic E-state index is 0. The van der Waals surface area contributed by atoms with Crippen molar-refractivity contribution in [1.82, 2.24) is 5.32 Å². The molecular weight excluding hydrogens is 246 g/mol. The molecule has 0 aliphatic heterocycles. The van der Waals surface area contributed by atoms with E-state index in [1.54, 1.807) is 25.1 Å². The minimum atomic E-state index is -0.622. The Hall–Kier alpha value is -1.66. The van der Waals surface area contributed by atoms with Gasteiger partial charge in [0.25, 0.3) is 5.69 Å². The SMILES string of the molecule is C[C@H](N)C(=O)NCc1ccccc1[N+](=O)[O-].Cl. The Morgan fingerprint density at radius 2 is 2.12 bits per heavy atom. The minimum Gasteiger partial charge on any atom is -0.350 e. The van der Waals surface area contributed by atoms with Crippen LogP contribution in [0.1, 0.15) is 12.5 Å². The Balaban J connectivity index is 0.00000256. The summed E-state index contributed by atoms with van der Waals surface area (Å²) in [5.74, 6) is -0.335. The van der Waals surface area contributed by atoms with Crippen molar-refractivity contribution in [3.05, 3.63) is 39.9 Å². The van der Waals surface area contributed by atoms with Crippen LogP contribution in [-0.4, -0.2) is 16.9 Å². The zero-order valence-electron chi connectivity index (χ0n) is 9.25. The molecule has 0 saturated heterocycles. The highest BCUT2D eigenvalue weighted by Crippen LogP contribution is 2.16. The fourth-order valence-corrected chi connectivity index (χ4v) is 1.18. The molecule has 0 fully saturated rings. The van der Waals surface area contributed by atoms with Crippen LogP contribution in [0, 0.1) is 10.1 Å². The third-order valence-electron chi connectivity index (χ3n) is 2.05. The Kier molecular flexibility index (Phi) is 6.16. The highest BCUT2D eigenvalue weighted by Gasteiger charge is 2.13. The fourth-order valence-electron chi connectivity index (χ4n) is 1.18. The summed E-state index contributed by atoms with van der Waals surface area (Å²) in [6.45, 7) is 1.66. The lowest BCUT2D eigenvalue weighted by Crippen LogP contribution is -2.37. The number of nitrogens with zero attached hydrogens (tertiary/aromatic N) is 1. The Bertz CT molecular complexity index is 410. The first-order valence-corrected chi connectivity index (χ1v) is 4.78. The number of hydrogen-bond acceptors (Lipinski definition) is 4. The molecule has 0 aliphatic carbocycles. The summed E-state index contributed by atoms with van der Waals surface area (Å²) < 4.78 is 0. The van der Waals surface area contributed by atoms with Crippen LogP contribution in [0.25, 0.3) is 0 Å². The van der Waals surface area contributed by atoms with Crippen LogP contribution in [0.4, 0.5) is 5.69 Å². The number of rotatable bonds is 4. The van der Waals surface area contributed by atoms with Gasteiger partial charge in [0.1, 0.15) is 0 Å². The second kappa shape index (κ2) is 6.82. The molecule has 0 aromatic heterocycles. The van der Waals surface area contributed by atoms with E-state index < -0.39 is 11.0 Å². The number of nitrogens with two attached hydrogens (primary N) is 1. The van der Waals surface area contributed by atoms with E-state index in [2.05, 4.69) is 5.32 Å². The molecule has 0 aliphatic rings. The van der Waals surface area contributed by atoms with Crippen molar-refractivity contribution in [1.29, 1.82) is 0 Å². The third-order valence-corrected chi connectivity index (χ3v) is 2.05. The predicted molar refractivity (Wildman–Crippen MR) is 65.8 cm³/mol. The number of carbonyl (C=O) groups is 1. The summed E-state index contributed by atoms with van der Waals surface area (Å²) in [6.07, 6.45) is 0. The molecular formula is C10H14ClN3O3. The molecule has 0 unspecified atom stereocenters. The first-order chi connectivity index (χ1) is 7.52. The summed E-state index contributed by atoms with van der Waals surface area (Å²) in [5.41, 5.74) is 5.80. The van der Waals surface area contributed by atoms with E-state index in [-0.39, 0.29) is 30.5 Å². The molecule has 1 atom stereocenters. The molecule has 7 heteroatoms. The summed E-state index contributed by atoms with van der Waals surface area (Å²) in [4.78, 5) is 21.4. The Morgan fingerprint density at radius 3 is 2.65 bits per heavy atom. The number of para-hydroxylation sites is 1. The second-order valence-corrected chi connectivity index (χ2v) is 3.39. The fraction of sp³-hybridized carbons (Fsp3) is 0.300. The van der Waals surface area contributed by atoms with Gasteiger partial charge in [0.2, 0.25) is 5.91 Å². The molecule has 17 heavy (non-hydrogen) atoms. The molecule has 3 N–H and O–H groups in total. The van der Waals surface area contributed by atoms with Gasteiger partial charge in [0, 0.05) is 18.2 Å². The molecule has 1 aromatic rings. The molecule has 94 valence electrons. The number of hydrogen-bond donors (Lipinski definition) is 2. The maximum atomic E-state index is 11.2. The van der Waals surface area contributed by atoms with Crippen molar-refractivity contribution < 1.29 is 9.72 Å². The number of carbonyl (C=O) groups excluding carboxylic acids is 1. The lowest BCUT2D eigenvalue weighted by atomic mass is 10.2. The molecule has 0 radical (unpaired) electrons. The molecule has 0 heterocycles. The van der Waals surface area contributed by atoms with E-state index in [1.165, 1.54) is 6.07 Å². The van der Waals surface area contributed by atoms with Crippen LogP contribution in [0.2, 0.25) is 0 Å². The maximum absolute atomic E-state index is 11.2.